The predicted octanol–water partition coefficient (Wildman–Crippen LogP) is 2.45. The van der Waals surface area contributed by atoms with Crippen LogP contribution in [0, 0.1) is 6.92 Å². The van der Waals surface area contributed by atoms with E-state index in [-0.39, 0.29) is 0 Å². The van der Waals surface area contributed by atoms with Crippen LogP contribution in [-0.4, -0.2) is 29.1 Å². The number of anilines is 1. The van der Waals surface area contributed by atoms with Crippen molar-refractivity contribution in [3.05, 3.63) is 60.3 Å². The maximum atomic E-state index is 4.58. The van der Waals surface area contributed by atoms with Crippen molar-refractivity contribution in [2.75, 3.05) is 5.32 Å². The minimum absolute atomic E-state index is 0.594. The summed E-state index contributed by atoms with van der Waals surface area (Å²) in [5, 5.41) is 11.7. The second-order valence-electron chi connectivity index (χ2n) is 5.72. The number of pyridine rings is 1. The van der Waals surface area contributed by atoms with Gasteiger partial charge in [0.1, 0.15) is 17.2 Å². The molecule has 0 aromatic carbocycles. The zero-order valence-corrected chi connectivity index (χ0v) is 13.5. The fourth-order valence-electron chi connectivity index (χ4n) is 2.58. The van der Waals surface area contributed by atoms with Crippen LogP contribution in [0.4, 0.5) is 5.82 Å². The van der Waals surface area contributed by atoms with Crippen LogP contribution in [0.2, 0.25) is 0 Å². The van der Waals surface area contributed by atoms with Crippen LogP contribution in [-0.2, 0) is 13.6 Å². The Labute approximate surface area is 139 Å². The Morgan fingerprint density at radius 1 is 1.08 bits per heavy atom. The fourth-order valence-corrected chi connectivity index (χ4v) is 2.58. The van der Waals surface area contributed by atoms with Gasteiger partial charge in [0.25, 0.3) is 0 Å². The summed E-state index contributed by atoms with van der Waals surface area (Å²) in [6.45, 7) is 2.66. The zero-order valence-electron chi connectivity index (χ0n) is 13.5. The summed E-state index contributed by atoms with van der Waals surface area (Å²) in [7, 11) is 1.93. The standard InChI is InChI=1S/C17H17N7/c1-12-3-6-16-20-13(11-24(16)10-12)9-19-15-5-4-14(21-22-15)17-18-7-8-23(17)2/h3-8,10-11H,9H2,1-2H3,(H,19,22). The highest BCUT2D eigenvalue weighted by atomic mass is 15.2. The molecule has 0 aliphatic rings. The molecule has 0 saturated heterocycles. The first-order valence-corrected chi connectivity index (χ1v) is 7.68. The third kappa shape index (κ3) is 2.71. The Morgan fingerprint density at radius 2 is 2.00 bits per heavy atom. The van der Waals surface area contributed by atoms with Gasteiger partial charge < -0.3 is 14.3 Å². The van der Waals surface area contributed by atoms with Crippen molar-refractivity contribution in [2.24, 2.45) is 7.05 Å². The molecule has 0 spiro atoms. The number of imidazole rings is 2. The highest BCUT2D eigenvalue weighted by Gasteiger charge is 2.06. The van der Waals surface area contributed by atoms with E-state index in [9.17, 15) is 0 Å². The molecule has 0 amide bonds. The van der Waals surface area contributed by atoms with Crippen LogP contribution < -0.4 is 5.32 Å². The smallest absolute Gasteiger partial charge is 0.160 e. The third-order valence-corrected chi connectivity index (χ3v) is 3.81. The summed E-state index contributed by atoms with van der Waals surface area (Å²) in [6, 6.07) is 7.88. The van der Waals surface area contributed by atoms with Gasteiger partial charge >= 0.3 is 0 Å². The van der Waals surface area contributed by atoms with E-state index in [1.54, 1.807) is 6.20 Å². The van der Waals surface area contributed by atoms with Gasteiger partial charge in [0.2, 0.25) is 0 Å². The van der Waals surface area contributed by atoms with E-state index in [4.69, 9.17) is 0 Å². The Balaban J connectivity index is 1.48. The summed E-state index contributed by atoms with van der Waals surface area (Å²) >= 11 is 0. The molecular formula is C17H17N7. The Hall–Kier alpha value is -3.22. The average Bonchev–Trinajstić information content (AvgIpc) is 3.19. The van der Waals surface area contributed by atoms with Gasteiger partial charge in [-0.2, -0.15) is 0 Å². The van der Waals surface area contributed by atoms with Gasteiger partial charge in [-0.3, -0.25) is 0 Å². The molecule has 0 aliphatic carbocycles. The average molecular weight is 319 g/mol. The Morgan fingerprint density at radius 3 is 2.75 bits per heavy atom. The van der Waals surface area contributed by atoms with E-state index in [2.05, 4.69) is 44.7 Å². The van der Waals surface area contributed by atoms with Crippen molar-refractivity contribution in [1.82, 2.24) is 29.1 Å². The topological polar surface area (TPSA) is 72.9 Å². The molecule has 4 aromatic heterocycles. The van der Waals surface area contributed by atoms with Gasteiger partial charge in [-0.25, -0.2) is 9.97 Å². The van der Waals surface area contributed by atoms with Crippen molar-refractivity contribution in [2.45, 2.75) is 13.5 Å². The lowest BCUT2D eigenvalue weighted by molar-refractivity contribution is 0.902. The van der Waals surface area contributed by atoms with Crippen molar-refractivity contribution in [3.8, 4) is 11.5 Å². The first-order chi connectivity index (χ1) is 11.7. The number of aromatic nitrogens is 6. The first kappa shape index (κ1) is 14.4. The minimum atomic E-state index is 0.594. The molecule has 0 bridgehead atoms. The molecule has 0 saturated carbocycles. The molecule has 7 heteroatoms. The minimum Gasteiger partial charge on any atom is -0.363 e. The highest BCUT2D eigenvalue weighted by Crippen LogP contribution is 2.14. The molecule has 4 heterocycles. The second-order valence-corrected chi connectivity index (χ2v) is 5.72. The van der Waals surface area contributed by atoms with E-state index in [0.717, 1.165) is 22.9 Å². The number of nitrogens with zero attached hydrogens (tertiary/aromatic N) is 6. The molecule has 24 heavy (non-hydrogen) atoms. The number of rotatable bonds is 4. The molecule has 0 unspecified atom stereocenters. The molecule has 0 atom stereocenters. The summed E-state index contributed by atoms with van der Waals surface area (Å²) in [5.74, 6) is 1.51. The quantitative estimate of drug-likeness (QED) is 0.625. The molecule has 4 rings (SSSR count). The summed E-state index contributed by atoms with van der Waals surface area (Å²) < 4.78 is 3.94. The largest absolute Gasteiger partial charge is 0.363 e. The lowest BCUT2D eigenvalue weighted by Gasteiger charge is -2.04. The predicted molar refractivity (Wildman–Crippen MR) is 91.5 cm³/mol. The Kier molecular flexibility index (Phi) is 3.45. The summed E-state index contributed by atoms with van der Waals surface area (Å²) in [4.78, 5) is 8.85. The monoisotopic (exact) mass is 319 g/mol. The number of aryl methyl sites for hydroxylation is 2. The highest BCUT2D eigenvalue weighted by molar-refractivity contribution is 5.51. The molecule has 0 radical (unpaired) electrons. The van der Waals surface area contributed by atoms with E-state index in [0.29, 0.717) is 12.4 Å². The number of hydrogen-bond donors (Lipinski definition) is 1. The maximum absolute atomic E-state index is 4.58. The number of hydrogen-bond acceptors (Lipinski definition) is 5. The van der Waals surface area contributed by atoms with Crippen molar-refractivity contribution in [3.63, 3.8) is 0 Å². The molecular weight excluding hydrogens is 302 g/mol. The van der Waals surface area contributed by atoms with Gasteiger partial charge in [0.05, 0.1) is 12.2 Å². The lowest BCUT2D eigenvalue weighted by Crippen LogP contribution is -2.03. The third-order valence-electron chi connectivity index (χ3n) is 3.81. The molecule has 0 fully saturated rings. The maximum Gasteiger partial charge on any atom is 0.160 e. The van der Waals surface area contributed by atoms with Gasteiger partial charge in [0, 0.05) is 31.8 Å². The van der Waals surface area contributed by atoms with E-state index < -0.39 is 0 Å². The van der Waals surface area contributed by atoms with Crippen LogP contribution in [0.3, 0.4) is 0 Å². The molecule has 4 aromatic rings. The fraction of sp³-hybridized carbons (Fsp3) is 0.176. The lowest BCUT2D eigenvalue weighted by atomic mass is 10.3. The van der Waals surface area contributed by atoms with Crippen LogP contribution in [0.5, 0.6) is 0 Å². The van der Waals surface area contributed by atoms with Crippen molar-refractivity contribution < 1.29 is 0 Å². The van der Waals surface area contributed by atoms with Crippen LogP contribution in [0.1, 0.15) is 11.3 Å². The molecule has 7 nitrogen and oxygen atoms in total. The normalized spacial score (nSPS) is 11.1. The number of fused-ring (bicyclic) bond motifs is 1. The molecule has 1 N–H and O–H groups in total. The van der Waals surface area contributed by atoms with Crippen molar-refractivity contribution >= 4 is 11.5 Å². The van der Waals surface area contributed by atoms with Gasteiger partial charge in [-0.15, -0.1) is 10.2 Å². The van der Waals surface area contributed by atoms with E-state index in [1.807, 2.05) is 46.6 Å². The summed E-state index contributed by atoms with van der Waals surface area (Å²) in [5.41, 5.74) is 3.84. The van der Waals surface area contributed by atoms with Crippen LogP contribution >= 0.6 is 0 Å². The molecule has 0 aliphatic heterocycles. The number of nitrogens with one attached hydrogen (secondary N) is 1. The second kappa shape index (κ2) is 5.77. The van der Waals surface area contributed by atoms with Crippen LogP contribution in [0.25, 0.3) is 17.2 Å². The van der Waals surface area contributed by atoms with Gasteiger partial charge in [-0.1, -0.05) is 6.07 Å². The summed E-state index contributed by atoms with van der Waals surface area (Å²) in [6.07, 6.45) is 7.71. The Bertz CT molecular complexity index is 982. The SMILES string of the molecule is Cc1ccc2nc(CNc3ccc(-c4nccn4C)nn3)cn2c1. The van der Waals surface area contributed by atoms with E-state index in [1.165, 1.54) is 5.56 Å². The molecule has 120 valence electrons. The van der Waals surface area contributed by atoms with Crippen LogP contribution in [0.15, 0.2) is 49.1 Å². The zero-order chi connectivity index (χ0) is 16.5. The van der Waals surface area contributed by atoms with Crippen molar-refractivity contribution in [1.29, 1.82) is 0 Å². The first-order valence-electron chi connectivity index (χ1n) is 7.68. The van der Waals surface area contributed by atoms with Gasteiger partial charge in [0.15, 0.2) is 5.82 Å². The van der Waals surface area contributed by atoms with Gasteiger partial charge in [-0.05, 0) is 30.7 Å². The van der Waals surface area contributed by atoms with E-state index >= 15 is 0 Å².